The van der Waals surface area contributed by atoms with Gasteiger partial charge >= 0.3 is 0 Å². The van der Waals surface area contributed by atoms with Crippen LogP contribution in [0.1, 0.15) is 5.56 Å². The lowest BCUT2D eigenvalue weighted by molar-refractivity contribution is 1.42. The number of hydrogen-bond donors (Lipinski definition) is 0. The van der Waals surface area contributed by atoms with Crippen molar-refractivity contribution in [2.45, 2.75) is 6.92 Å². The quantitative estimate of drug-likeness (QED) is 0.533. The van der Waals surface area contributed by atoms with E-state index < -0.39 is 0 Å². The first-order valence-electron chi connectivity index (χ1n) is 5.20. The monoisotopic (exact) mass is 263 g/mol. The molecule has 0 amide bonds. The molecule has 0 unspecified atom stereocenters. The number of aromatic nitrogens is 1. The maximum Gasteiger partial charge on any atom is 0.0738 e. The Morgan fingerprint density at radius 3 is 2.65 bits per heavy atom. The molecular formula is C14H11Cl2N. The van der Waals surface area contributed by atoms with Gasteiger partial charge in [0, 0.05) is 15.8 Å². The molecule has 1 nitrogen and oxygen atoms in total. The molecule has 0 saturated heterocycles. The molecule has 0 aliphatic rings. The van der Waals surface area contributed by atoms with E-state index in [0.717, 1.165) is 21.4 Å². The van der Waals surface area contributed by atoms with Gasteiger partial charge in [-0.2, -0.15) is 0 Å². The van der Waals surface area contributed by atoms with Crippen LogP contribution in [0.2, 0.25) is 5.02 Å². The maximum absolute atomic E-state index is 5.97. The van der Waals surface area contributed by atoms with Crippen molar-refractivity contribution in [3.05, 3.63) is 53.1 Å². The van der Waals surface area contributed by atoms with E-state index in [1.807, 2.05) is 18.2 Å². The van der Waals surface area contributed by atoms with Gasteiger partial charge in [-0.3, -0.25) is 0 Å². The number of para-hydroxylation sites is 1. The molecule has 0 fully saturated rings. The van der Waals surface area contributed by atoms with Crippen LogP contribution < -0.4 is 0 Å². The second kappa shape index (κ2) is 4.52. The van der Waals surface area contributed by atoms with E-state index in [2.05, 4.69) is 36.2 Å². The number of pyridine rings is 1. The van der Waals surface area contributed by atoms with E-state index in [9.17, 15) is 0 Å². The predicted octanol–water partition coefficient (Wildman–Crippen LogP) is 4.77. The van der Waals surface area contributed by atoms with Crippen LogP contribution in [0.15, 0.2) is 42.5 Å². The molecular weight excluding hydrogens is 253 g/mol. The Bertz CT molecular complexity index is 692. The van der Waals surface area contributed by atoms with Crippen LogP contribution in [-0.4, -0.2) is 4.98 Å². The molecule has 3 heteroatoms. The highest BCUT2D eigenvalue weighted by atomic mass is 35.5. The molecule has 3 aromatic rings. The van der Waals surface area contributed by atoms with Gasteiger partial charge in [0.05, 0.1) is 11.0 Å². The fraction of sp³-hybridized carbons (Fsp3) is 0.0714. The number of nitrogens with zero attached hydrogens (tertiary/aromatic N) is 1. The molecule has 2 aromatic carbocycles. The second-order valence-electron chi connectivity index (χ2n) is 3.97. The predicted molar refractivity (Wildman–Crippen MR) is 76.2 cm³/mol. The van der Waals surface area contributed by atoms with Gasteiger partial charge in [-0.25, -0.2) is 4.98 Å². The van der Waals surface area contributed by atoms with E-state index in [4.69, 9.17) is 11.6 Å². The Hall–Kier alpha value is -1.31. The largest absolute Gasteiger partial charge is 0.247 e. The van der Waals surface area contributed by atoms with Gasteiger partial charge in [-0.05, 0) is 30.7 Å². The first-order valence-corrected chi connectivity index (χ1v) is 5.57. The first-order chi connectivity index (χ1) is 7.74. The van der Waals surface area contributed by atoms with Crippen molar-refractivity contribution in [2.24, 2.45) is 0 Å². The standard InChI is InChI=1S/C14H10ClN.ClH/c1-9-3-2-4-11-7-10-5-6-12(15)8-13(10)16-14(9)11;/h2-8H,1H3;1H. The van der Waals surface area contributed by atoms with Crippen molar-refractivity contribution in [1.29, 1.82) is 0 Å². The molecule has 0 spiro atoms. The van der Waals surface area contributed by atoms with Crippen molar-refractivity contribution >= 4 is 45.8 Å². The van der Waals surface area contributed by atoms with Gasteiger partial charge in [0.15, 0.2) is 0 Å². The van der Waals surface area contributed by atoms with E-state index >= 15 is 0 Å². The number of halogens is 2. The summed E-state index contributed by atoms with van der Waals surface area (Å²) < 4.78 is 0. The summed E-state index contributed by atoms with van der Waals surface area (Å²) in [5.41, 5.74) is 3.20. The zero-order valence-corrected chi connectivity index (χ0v) is 10.8. The minimum atomic E-state index is 0. The SMILES string of the molecule is Cc1cccc2cc3ccc(Cl)cc3nc12.Cl. The van der Waals surface area contributed by atoms with Crippen LogP contribution in [0.4, 0.5) is 0 Å². The summed E-state index contributed by atoms with van der Waals surface area (Å²) in [5, 5.41) is 3.03. The molecule has 0 bridgehead atoms. The van der Waals surface area contributed by atoms with Crippen molar-refractivity contribution in [2.75, 3.05) is 0 Å². The van der Waals surface area contributed by atoms with Crippen LogP contribution in [0.5, 0.6) is 0 Å². The van der Waals surface area contributed by atoms with Crippen molar-refractivity contribution in [3.63, 3.8) is 0 Å². The lowest BCUT2D eigenvalue weighted by Gasteiger charge is -2.04. The Morgan fingerprint density at radius 1 is 1.00 bits per heavy atom. The topological polar surface area (TPSA) is 12.9 Å². The van der Waals surface area contributed by atoms with Crippen molar-refractivity contribution in [1.82, 2.24) is 4.98 Å². The molecule has 0 aliphatic heterocycles. The maximum atomic E-state index is 5.97. The third-order valence-corrected chi connectivity index (χ3v) is 3.04. The summed E-state index contributed by atoms with van der Waals surface area (Å²) in [5.74, 6) is 0. The number of aryl methyl sites for hydroxylation is 1. The molecule has 0 saturated carbocycles. The van der Waals surface area contributed by atoms with Crippen LogP contribution in [0.3, 0.4) is 0 Å². The number of hydrogen-bond acceptors (Lipinski definition) is 1. The van der Waals surface area contributed by atoms with Crippen LogP contribution in [-0.2, 0) is 0 Å². The van der Waals surface area contributed by atoms with Gasteiger partial charge in [-0.1, -0.05) is 35.9 Å². The molecule has 0 radical (unpaired) electrons. The van der Waals surface area contributed by atoms with Gasteiger partial charge in [0.2, 0.25) is 0 Å². The minimum Gasteiger partial charge on any atom is -0.247 e. The number of fused-ring (bicyclic) bond motifs is 2. The van der Waals surface area contributed by atoms with E-state index in [-0.39, 0.29) is 12.4 Å². The zero-order chi connectivity index (χ0) is 11.1. The first kappa shape index (κ1) is 12.2. The molecule has 0 N–H and O–H groups in total. The van der Waals surface area contributed by atoms with Gasteiger partial charge in [-0.15, -0.1) is 12.4 Å². The zero-order valence-electron chi connectivity index (χ0n) is 9.27. The van der Waals surface area contributed by atoms with E-state index in [1.54, 1.807) is 0 Å². The summed E-state index contributed by atoms with van der Waals surface area (Å²) >= 11 is 5.97. The van der Waals surface area contributed by atoms with Crippen molar-refractivity contribution < 1.29 is 0 Å². The average molecular weight is 264 g/mol. The van der Waals surface area contributed by atoms with Crippen LogP contribution >= 0.6 is 24.0 Å². The van der Waals surface area contributed by atoms with E-state index in [1.165, 1.54) is 10.9 Å². The van der Waals surface area contributed by atoms with Crippen LogP contribution in [0.25, 0.3) is 21.8 Å². The highest BCUT2D eigenvalue weighted by Crippen LogP contribution is 2.24. The summed E-state index contributed by atoms with van der Waals surface area (Å²) in [7, 11) is 0. The Balaban J connectivity index is 0.00000108. The van der Waals surface area contributed by atoms with Gasteiger partial charge in [0.1, 0.15) is 0 Å². The lowest BCUT2D eigenvalue weighted by atomic mass is 10.1. The lowest BCUT2D eigenvalue weighted by Crippen LogP contribution is -1.85. The Morgan fingerprint density at radius 2 is 1.82 bits per heavy atom. The molecule has 0 aliphatic carbocycles. The number of benzene rings is 2. The van der Waals surface area contributed by atoms with Gasteiger partial charge in [0.25, 0.3) is 0 Å². The smallest absolute Gasteiger partial charge is 0.0738 e. The highest BCUT2D eigenvalue weighted by molar-refractivity contribution is 6.31. The highest BCUT2D eigenvalue weighted by Gasteiger charge is 2.02. The minimum absolute atomic E-state index is 0. The number of rotatable bonds is 0. The van der Waals surface area contributed by atoms with Gasteiger partial charge < -0.3 is 0 Å². The molecule has 0 atom stereocenters. The van der Waals surface area contributed by atoms with Crippen LogP contribution in [0, 0.1) is 6.92 Å². The summed E-state index contributed by atoms with van der Waals surface area (Å²) in [6.45, 7) is 2.08. The van der Waals surface area contributed by atoms with Crippen molar-refractivity contribution in [3.8, 4) is 0 Å². The Kier molecular flexibility index (Phi) is 3.23. The van der Waals surface area contributed by atoms with E-state index in [0.29, 0.717) is 0 Å². The normalized spacial score (nSPS) is 10.5. The molecule has 3 rings (SSSR count). The summed E-state index contributed by atoms with van der Waals surface area (Å²) in [6.07, 6.45) is 0. The molecule has 17 heavy (non-hydrogen) atoms. The summed E-state index contributed by atoms with van der Waals surface area (Å²) in [6, 6.07) is 14.2. The molecule has 86 valence electrons. The second-order valence-corrected chi connectivity index (χ2v) is 4.41. The third-order valence-electron chi connectivity index (χ3n) is 2.80. The fourth-order valence-corrected chi connectivity index (χ4v) is 2.14. The Labute approximate surface area is 111 Å². The molecule has 1 heterocycles. The summed E-state index contributed by atoms with van der Waals surface area (Å²) in [4.78, 5) is 4.65. The fourth-order valence-electron chi connectivity index (χ4n) is 1.97. The third kappa shape index (κ3) is 2.08. The average Bonchev–Trinajstić information content (AvgIpc) is 2.28. The molecule has 1 aromatic heterocycles.